The van der Waals surface area contributed by atoms with Crippen LogP contribution in [0.3, 0.4) is 0 Å². The van der Waals surface area contributed by atoms with E-state index in [9.17, 15) is 13.2 Å². The molecule has 1 aliphatic rings. The summed E-state index contributed by atoms with van der Waals surface area (Å²) in [6, 6.07) is 14.5. The molecule has 2 atom stereocenters. The van der Waals surface area contributed by atoms with Gasteiger partial charge in [-0.05, 0) is 42.5 Å². The quantitative estimate of drug-likeness (QED) is 0.248. The number of hydrogen-bond acceptors (Lipinski definition) is 7. The molecule has 2 unspecified atom stereocenters. The van der Waals surface area contributed by atoms with Crippen molar-refractivity contribution in [2.75, 3.05) is 11.9 Å². The summed E-state index contributed by atoms with van der Waals surface area (Å²) in [7, 11) is 1.98. The highest BCUT2D eigenvalue weighted by atomic mass is 32.1. The molecule has 1 saturated carbocycles. The van der Waals surface area contributed by atoms with E-state index in [2.05, 4.69) is 49.4 Å². The van der Waals surface area contributed by atoms with Crippen molar-refractivity contribution in [2.45, 2.75) is 50.5 Å². The first-order chi connectivity index (χ1) is 18.3. The van der Waals surface area contributed by atoms with E-state index in [0.29, 0.717) is 22.1 Å². The Morgan fingerprint density at radius 3 is 2.71 bits per heavy atom. The molecule has 4 heterocycles. The van der Waals surface area contributed by atoms with E-state index in [1.807, 2.05) is 25.4 Å². The largest absolute Gasteiger partial charge is 0.463 e. The first-order valence-electron chi connectivity index (χ1n) is 12.5. The molecule has 6 nitrogen and oxygen atoms in total. The van der Waals surface area contributed by atoms with Gasteiger partial charge >= 0.3 is 6.18 Å². The molecule has 0 aliphatic heterocycles. The summed E-state index contributed by atoms with van der Waals surface area (Å²) in [5, 5.41) is 4.36. The number of thiophene rings is 1. The monoisotopic (exact) mass is 537 g/mol. The van der Waals surface area contributed by atoms with Crippen LogP contribution in [0.1, 0.15) is 29.7 Å². The normalized spacial score (nSPS) is 18.0. The number of fused-ring (bicyclic) bond motifs is 2. The van der Waals surface area contributed by atoms with Gasteiger partial charge in [-0.2, -0.15) is 13.2 Å². The lowest BCUT2D eigenvalue weighted by atomic mass is 10.1. The zero-order chi connectivity index (χ0) is 26.3. The first kappa shape index (κ1) is 24.8. The van der Waals surface area contributed by atoms with Crippen LogP contribution >= 0.6 is 11.3 Å². The molecular formula is C28H26F3N5OS. The summed E-state index contributed by atoms with van der Waals surface area (Å²) in [5.41, 5.74) is 4.93. The highest BCUT2D eigenvalue weighted by Gasteiger charge is 2.31. The van der Waals surface area contributed by atoms with Crippen molar-refractivity contribution >= 4 is 38.5 Å². The Morgan fingerprint density at radius 1 is 1.05 bits per heavy atom. The molecule has 0 bridgehead atoms. The van der Waals surface area contributed by atoms with E-state index < -0.39 is 12.6 Å². The van der Waals surface area contributed by atoms with Crippen molar-refractivity contribution < 1.29 is 17.6 Å². The van der Waals surface area contributed by atoms with Crippen molar-refractivity contribution in [3.05, 3.63) is 71.7 Å². The maximum absolute atomic E-state index is 12.9. The molecular weight excluding hydrogens is 511 g/mol. The van der Waals surface area contributed by atoms with Gasteiger partial charge in [0.2, 0.25) is 0 Å². The molecule has 1 aromatic carbocycles. The van der Waals surface area contributed by atoms with Crippen LogP contribution in [0.25, 0.3) is 32.4 Å². The summed E-state index contributed by atoms with van der Waals surface area (Å²) >= 11 is 1.09. The SMILES string of the molecule is CN(c1ncnc2sc(CC(F)(F)F)cc12)C1CCC(NCc2ccc(-c3cnc4ccoc4c3)cc2)C1. The lowest BCUT2D eigenvalue weighted by molar-refractivity contribution is -0.126. The summed E-state index contributed by atoms with van der Waals surface area (Å²) < 4.78 is 44.2. The highest BCUT2D eigenvalue weighted by molar-refractivity contribution is 7.18. The Hall–Kier alpha value is -3.50. The number of rotatable bonds is 7. The van der Waals surface area contributed by atoms with Crippen molar-refractivity contribution in [1.82, 2.24) is 20.3 Å². The molecule has 1 fully saturated rings. The molecule has 0 spiro atoms. The Balaban J connectivity index is 1.07. The summed E-state index contributed by atoms with van der Waals surface area (Å²) in [6.45, 7) is 0.764. The molecule has 196 valence electrons. The van der Waals surface area contributed by atoms with Gasteiger partial charge in [0.05, 0.1) is 18.1 Å². The van der Waals surface area contributed by atoms with E-state index in [-0.39, 0.29) is 10.9 Å². The van der Waals surface area contributed by atoms with Gasteiger partial charge in [-0.15, -0.1) is 11.3 Å². The number of alkyl halides is 3. The number of pyridine rings is 1. The second-order valence-corrected chi connectivity index (χ2v) is 10.9. The molecule has 0 amide bonds. The molecule has 5 aromatic rings. The zero-order valence-corrected chi connectivity index (χ0v) is 21.5. The molecule has 6 rings (SSSR count). The van der Waals surface area contributed by atoms with Gasteiger partial charge in [-0.3, -0.25) is 4.98 Å². The number of nitrogens with zero attached hydrogens (tertiary/aromatic N) is 4. The summed E-state index contributed by atoms with van der Waals surface area (Å²) in [4.78, 5) is 16.0. The third-order valence-electron chi connectivity index (χ3n) is 7.21. The van der Waals surface area contributed by atoms with Gasteiger partial charge in [0.15, 0.2) is 5.58 Å². The third kappa shape index (κ3) is 5.23. The van der Waals surface area contributed by atoms with Crippen molar-refractivity contribution in [3.8, 4) is 11.1 Å². The Kier molecular flexibility index (Phi) is 6.53. The molecule has 0 radical (unpaired) electrons. The number of hydrogen-bond donors (Lipinski definition) is 1. The minimum atomic E-state index is -4.24. The average Bonchev–Trinajstić information content (AvgIpc) is 3.65. The third-order valence-corrected chi connectivity index (χ3v) is 8.25. The second-order valence-electron chi connectivity index (χ2n) is 9.80. The molecule has 1 N–H and O–H groups in total. The lowest BCUT2D eigenvalue weighted by Crippen LogP contribution is -2.33. The van der Waals surface area contributed by atoms with Gasteiger partial charge in [-0.25, -0.2) is 9.97 Å². The summed E-state index contributed by atoms with van der Waals surface area (Å²) in [5.74, 6) is 0.697. The van der Waals surface area contributed by atoms with Gasteiger partial charge in [0.1, 0.15) is 22.5 Å². The predicted octanol–water partition coefficient (Wildman–Crippen LogP) is 6.75. The predicted molar refractivity (Wildman–Crippen MR) is 143 cm³/mol. The van der Waals surface area contributed by atoms with Crippen molar-refractivity contribution in [3.63, 3.8) is 0 Å². The zero-order valence-electron chi connectivity index (χ0n) is 20.7. The maximum atomic E-state index is 12.9. The maximum Gasteiger partial charge on any atom is 0.393 e. The van der Waals surface area contributed by atoms with E-state index in [1.165, 1.54) is 11.9 Å². The fraction of sp³-hybridized carbons (Fsp3) is 0.321. The number of furan rings is 1. The molecule has 1 aliphatic carbocycles. The van der Waals surface area contributed by atoms with Gasteiger partial charge < -0.3 is 14.6 Å². The van der Waals surface area contributed by atoms with E-state index in [1.54, 1.807) is 12.3 Å². The number of nitrogens with one attached hydrogen (secondary N) is 1. The molecule has 10 heteroatoms. The van der Waals surface area contributed by atoms with Gasteiger partial charge in [0.25, 0.3) is 0 Å². The number of halogens is 3. The molecule has 4 aromatic heterocycles. The lowest BCUT2D eigenvalue weighted by Gasteiger charge is -2.26. The Bertz CT molecular complexity index is 1560. The minimum Gasteiger partial charge on any atom is -0.463 e. The number of anilines is 1. The number of benzene rings is 1. The fourth-order valence-corrected chi connectivity index (χ4v) is 6.23. The van der Waals surface area contributed by atoms with E-state index in [4.69, 9.17) is 4.42 Å². The second kappa shape index (κ2) is 9.99. The van der Waals surface area contributed by atoms with Gasteiger partial charge in [-0.1, -0.05) is 24.3 Å². The Morgan fingerprint density at radius 2 is 1.89 bits per heavy atom. The van der Waals surface area contributed by atoms with Crippen LogP contribution in [0, 0.1) is 0 Å². The van der Waals surface area contributed by atoms with Crippen LogP contribution in [-0.2, 0) is 13.0 Å². The Labute approximate surface area is 221 Å². The highest BCUT2D eigenvalue weighted by Crippen LogP contribution is 2.36. The van der Waals surface area contributed by atoms with Crippen LogP contribution in [0.2, 0.25) is 0 Å². The van der Waals surface area contributed by atoms with Crippen molar-refractivity contribution in [2.24, 2.45) is 0 Å². The van der Waals surface area contributed by atoms with Crippen LogP contribution in [-0.4, -0.2) is 40.3 Å². The first-order valence-corrected chi connectivity index (χ1v) is 13.3. The fourth-order valence-electron chi connectivity index (χ4n) is 5.21. The number of aromatic nitrogens is 3. The van der Waals surface area contributed by atoms with Crippen LogP contribution in [0.5, 0.6) is 0 Å². The molecule has 0 saturated heterocycles. The average molecular weight is 538 g/mol. The smallest absolute Gasteiger partial charge is 0.393 e. The topological polar surface area (TPSA) is 67.1 Å². The minimum absolute atomic E-state index is 0.253. The van der Waals surface area contributed by atoms with Crippen molar-refractivity contribution in [1.29, 1.82) is 0 Å². The van der Waals surface area contributed by atoms with Gasteiger partial charge in [0, 0.05) is 48.4 Å². The van der Waals surface area contributed by atoms with E-state index >= 15 is 0 Å². The van der Waals surface area contributed by atoms with Crippen LogP contribution in [0.15, 0.2) is 65.7 Å². The summed E-state index contributed by atoms with van der Waals surface area (Å²) in [6.07, 6.45) is 2.72. The van der Waals surface area contributed by atoms with Crippen LogP contribution in [0.4, 0.5) is 19.0 Å². The standard InChI is InChI=1S/C28H26F3N5OS/c1-36(26-23-12-22(13-28(29,30)31)38-27(23)35-16-34-26)21-7-6-20(11-21)32-14-17-2-4-18(5-3-17)19-10-25-24(33-15-19)8-9-37-25/h2-5,8-10,12,15-16,20-21,32H,6-7,11,13-14H2,1H3. The van der Waals surface area contributed by atoms with Crippen LogP contribution < -0.4 is 10.2 Å². The van der Waals surface area contributed by atoms with E-state index in [0.717, 1.165) is 59.4 Å². The molecule has 38 heavy (non-hydrogen) atoms.